The third kappa shape index (κ3) is 2.37. The highest BCUT2D eigenvalue weighted by molar-refractivity contribution is 5.93. The smallest absolute Gasteiger partial charge is 0.229 e. The zero-order chi connectivity index (χ0) is 19.5. The number of carbonyl (C=O) groups excluding carboxylic acids is 2. The average Bonchev–Trinajstić information content (AvgIpc) is 3.44. The van der Waals surface area contributed by atoms with Crippen molar-refractivity contribution in [2.24, 2.45) is 11.8 Å². The molecule has 1 aliphatic carbocycles. The minimum absolute atomic E-state index is 0.00820. The Labute approximate surface area is 164 Å². The molecule has 1 saturated carbocycles. The van der Waals surface area contributed by atoms with Crippen LogP contribution in [0.5, 0.6) is 5.75 Å². The second-order valence-electron chi connectivity index (χ2n) is 8.60. The number of likely N-dealkylation sites (N-methyl/N-ethyl adjacent to an activating group) is 1. The summed E-state index contributed by atoms with van der Waals surface area (Å²) in [5.74, 6) is -0.166. The first kappa shape index (κ1) is 17.7. The number of hydrogen-bond donors (Lipinski definition) is 1. The summed E-state index contributed by atoms with van der Waals surface area (Å²) in [6.07, 6.45) is 7.55. The predicted molar refractivity (Wildman–Crippen MR) is 103 cm³/mol. The summed E-state index contributed by atoms with van der Waals surface area (Å²) >= 11 is 0. The molecule has 1 aromatic carbocycles. The van der Waals surface area contributed by atoms with Crippen molar-refractivity contribution in [3.8, 4) is 5.75 Å². The van der Waals surface area contributed by atoms with Crippen LogP contribution in [-0.4, -0.2) is 49.1 Å². The van der Waals surface area contributed by atoms with Crippen LogP contribution in [0.1, 0.15) is 31.2 Å². The monoisotopic (exact) mass is 382 g/mol. The molecule has 3 aliphatic heterocycles. The van der Waals surface area contributed by atoms with Gasteiger partial charge in [-0.15, -0.1) is 0 Å². The van der Waals surface area contributed by atoms with E-state index in [0.29, 0.717) is 6.54 Å². The van der Waals surface area contributed by atoms with E-state index in [1.165, 1.54) is 0 Å². The number of nitrogens with zero attached hydrogens (tertiary/aromatic N) is 1. The number of amides is 2. The van der Waals surface area contributed by atoms with E-state index < -0.39 is 23.0 Å². The molecule has 4 aliphatic rings. The fourth-order valence-corrected chi connectivity index (χ4v) is 5.70. The van der Waals surface area contributed by atoms with E-state index in [-0.39, 0.29) is 17.9 Å². The van der Waals surface area contributed by atoms with Gasteiger partial charge in [0.05, 0.1) is 37.1 Å². The first-order valence-electron chi connectivity index (χ1n) is 10.1. The highest BCUT2D eigenvalue weighted by Crippen LogP contribution is 2.52. The summed E-state index contributed by atoms with van der Waals surface area (Å²) in [6.45, 7) is 0.522. The van der Waals surface area contributed by atoms with E-state index in [0.717, 1.165) is 37.0 Å². The number of methoxy groups -OCH3 is 1. The number of ether oxygens (including phenoxy) is 2. The number of benzene rings is 1. The fraction of sp³-hybridized carbons (Fsp3) is 0.545. The third-order valence-corrected chi connectivity index (χ3v) is 7.03. The lowest BCUT2D eigenvalue weighted by molar-refractivity contribution is -0.137. The molecular formula is C22H26N2O4. The number of hydrogen-bond acceptors (Lipinski definition) is 4. The molecule has 0 aromatic heterocycles. The minimum atomic E-state index is -0.628. The van der Waals surface area contributed by atoms with Crippen molar-refractivity contribution in [1.82, 2.24) is 10.2 Å². The molecule has 5 rings (SSSR count). The second kappa shape index (κ2) is 6.08. The molecule has 6 nitrogen and oxygen atoms in total. The van der Waals surface area contributed by atoms with Crippen LogP contribution in [0.3, 0.4) is 0 Å². The van der Waals surface area contributed by atoms with Crippen LogP contribution in [0.15, 0.2) is 36.4 Å². The van der Waals surface area contributed by atoms with Crippen molar-refractivity contribution in [2.45, 2.75) is 42.9 Å². The third-order valence-electron chi connectivity index (χ3n) is 7.03. The molecule has 3 heterocycles. The summed E-state index contributed by atoms with van der Waals surface area (Å²) < 4.78 is 11.5. The van der Waals surface area contributed by atoms with E-state index in [4.69, 9.17) is 9.47 Å². The molecule has 2 saturated heterocycles. The van der Waals surface area contributed by atoms with E-state index in [1.54, 1.807) is 19.1 Å². The maximum absolute atomic E-state index is 13.5. The Balaban J connectivity index is 1.45. The lowest BCUT2D eigenvalue weighted by atomic mass is 9.76. The maximum atomic E-state index is 13.5. The van der Waals surface area contributed by atoms with Gasteiger partial charge in [0, 0.05) is 7.05 Å². The molecule has 1 spiro atoms. The number of nitrogens with one attached hydrogen (secondary N) is 1. The van der Waals surface area contributed by atoms with Crippen molar-refractivity contribution < 1.29 is 19.1 Å². The summed E-state index contributed by atoms with van der Waals surface area (Å²) in [5.41, 5.74) is 0.0387. The van der Waals surface area contributed by atoms with E-state index in [1.807, 2.05) is 30.4 Å². The van der Waals surface area contributed by atoms with E-state index >= 15 is 0 Å². The van der Waals surface area contributed by atoms with Gasteiger partial charge >= 0.3 is 0 Å². The first-order valence-corrected chi connectivity index (χ1v) is 10.1. The quantitative estimate of drug-likeness (QED) is 0.809. The van der Waals surface area contributed by atoms with Gasteiger partial charge < -0.3 is 19.7 Å². The molecule has 6 heteroatoms. The Morgan fingerprint density at radius 1 is 1.32 bits per heavy atom. The Morgan fingerprint density at radius 3 is 2.86 bits per heavy atom. The normalized spacial score (nSPS) is 34.7. The minimum Gasteiger partial charge on any atom is -0.497 e. The molecule has 3 fully saturated rings. The van der Waals surface area contributed by atoms with Crippen molar-refractivity contribution >= 4 is 11.8 Å². The number of carbonyl (C=O) groups is 2. The van der Waals surface area contributed by atoms with Gasteiger partial charge in [0.2, 0.25) is 11.8 Å². The van der Waals surface area contributed by atoms with Crippen LogP contribution >= 0.6 is 0 Å². The Morgan fingerprint density at radius 2 is 2.11 bits per heavy atom. The van der Waals surface area contributed by atoms with Gasteiger partial charge in [0.25, 0.3) is 0 Å². The van der Waals surface area contributed by atoms with Crippen LogP contribution in [0, 0.1) is 11.8 Å². The highest BCUT2D eigenvalue weighted by Gasteiger charge is 2.66. The van der Waals surface area contributed by atoms with Gasteiger partial charge in [-0.3, -0.25) is 9.59 Å². The predicted octanol–water partition coefficient (Wildman–Crippen LogP) is 1.99. The van der Waals surface area contributed by atoms with Crippen LogP contribution in [0.25, 0.3) is 0 Å². The zero-order valence-electron chi connectivity index (χ0n) is 16.3. The van der Waals surface area contributed by atoms with Crippen molar-refractivity contribution in [3.05, 3.63) is 42.0 Å². The molecule has 2 bridgehead atoms. The molecular weight excluding hydrogens is 356 g/mol. The van der Waals surface area contributed by atoms with Crippen LogP contribution in [0.2, 0.25) is 0 Å². The van der Waals surface area contributed by atoms with Crippen molar-refractivity contribution in [2.75, 3.05) is 20.7 Å². The Kier molecular flexibility index (Phi) is 3.85. The molecule has 0 radical (unpaired) electrons. The summed E-state index contributed by atoms with van der Waals surface area (Å²) in [4.78, 5) is 27.9. The lowest BCUT2D eigenvalue weighted by Crippen LogP contribution is -2.51. The molecule has 1 N–H and O–H groups in total. The summed E-state index contributed by atoms with van der Waals surface area (Å²) in [5, 5.41) is 3.35. The second-order valence-corrected chi connectivity index (χ2v) is 8.60. The SMILES string of the molecule is COc1cccc(C2(NC(=O)[C@@H]3[C@H]4C=C[C@@]5(CN(C)C(=O)[C@@H]35)O4)CCCC2)c1. The number of rotatable bonds is 4. The Bertz CT molecular complexity index is 860. The maximum Gasteiger partial charge on any atom is 0.229 e. The topological polar surface area (TPSA) is 67.9 Å². The van der Waals surface area contributed by atoms with Gasteiger partial charge in [-0.2, -0.15) is 0 Å². The van der Waals surface area contributed by atoms with E-state index in [9.17, 15) is 9.59 Å². The van der Waals surface area contributed by atoms with Gasteiger partial charge in [0.1, 0.15) is 11.4 Å². The molecule has 28 heavy (non-hydrogen) atoms. The highest BCUT2D eigenvalue weighted by atomic mass is 16.5. The fourth-order valence-electron chi connectivity index (χ4n) is 5.70. The van der Waals surface area contributed by atoms with Gasteiger partial charge in [-0.25, -0.2) is 0 Å². The zero-order valence-corrected chi connectivity index (χ0v) is 16.3. The lowest BCUT2D eigenvalue weighted by Gasteiger charge is -2.34. The molecule has 0 unspecified atom stereocenters. The average molecular weight is 382 g/mol. The van der Waals surface area contributed by atoms with Crippen LogP contribution in [0.4, 0.5) is 0 Å². The van der Waals surface area contributed by atoms with Gasteiger partial charge in [-0.05, 0) is 30.5 Å². The molecule has 148 valence electrons. The van der Waals surface area contributed by atoms with Crippen molar-refractivity contribution in [1.29, 1.82) is 0 Å². The number of likely N-dealkylation sites (tertiary alicyclic amines) is 1. The first-order chi connectivity index (χ1) is 13.5. The number of fused-ring (bicyclic) bond motifs is 1. The van der Waals surface area contributed by atoms with Gasteiger partial charge in [0.15, 0.2) is 0 Å². The molecule has 2 amide bonds. The summed E-state index contributed by atoms with van der Waals surface area (Å²) in [7, 11) is 3.43. The van der Waals surface area contributed by atoms with Crippen LogP contribution < -0.4 is 10.1 Å². The molecule has 4 atom stereocenters. The van der Waals surface area contributed by atoms with Gasteiger partial charge in [-0.1, -0.05) is 37.1 Å². The van der Waals surface area contributed by atoms with E-state index in [2.05, 4.69) is 11.4 Å². The molecule has 1 aromatic rings. The van der Waals surface area contributed by atoms with Crippen LogP contribution in [-0.2, 0) is 19.9 Å². The van der Waals surface area contributed by atoms with Crippen molar-refractivity contribution in [3.63, 3.8) is 0 Å². The standard InChI is InChI=1S/C22H26N2O4/c1-24-13-22-11-8-16(28-22)17(18(22)20(24)26)19(25)23-21(9-3-4-10-21)14-6-5-7-15(12-14)27-2/h5-8,11-12,16-18H,3-4,9-10,13H2,1-2H3,(H,23,25)/t16-,17-,18-,22+/m1/s1. The Hall–Kier alpha value is -2.34. The summed E-state index contributed by atoms with van der Waals surface area (Å²) in [6, 6.07) is 7.95. The largest absolute Gasteiger partial charge is 0.497 e.